The number of hydrogen-bond acceptors (Lipinski definition) is 5. The maximum atomic E-state index is 12.6. The largest absolute Gasteiger partial charge is 0.466 e. The first-order chi connectivity index (χ1) is 39.5. The number of allylic oxidation sites excluding steroid dienone is 4. The Morgan fingerprint density at radius 3 is 0.887 bits per heavy atom. The van der Waals surface area contributed by atoms with E-state index in [4.69, 9.17) is 4.74 Å². The molecule has 1 amide bonds. The van der Waals surface area contributed by atoms with Crippen molar-refractivity contribution < 1.29 is 24.5 Å². The molecule has 0 aromatic carbocycles. The lowest BCUT2D eigenvalue weighted by molar-refractivity contribution is -0.143. The summed E-state index contributed by atoms with van der Waals surface area (Å²) in [4.78, 5) is 24.6. The molecule has 0 aliphatic rings. The molecular weight excluding hydrogens is 983 g/mol. The third kappa shape index (κ3) is 65.5. The summed E-state index contributed by atoms with van der Waals surface area (Å²) in [5, 5.41) is 23.4. The number of nitrogens with one attached hydrogen (secondary N) is 1. The summed E-state index contributed by atoms with van der Waals surface area (Å²) in [6.07, 6.45) is 88.0. The van der Waals surface area contributed by atoms with Crippen molar-refractivity contribution in [1.82, 2.24) is 5.32 Å². The molecule has 0 fully saturated rings. The van der Waals surface area contributed by atoms with Gasteiger partial charge in [0.1, 0.15) is 0 Å². The van der Waals surface area contributed by atoms with E-state index in [1.165, 1.54) is 334 Å². The maximum Gasteiger partial charge on any atom is 0.305 e. The predicted molar refractivity (Wildman–Crippen MR) is 352 cm³/mol. The Kier molecular flexibility index (Phi) is 68.4. The molecule has 0 bridgehead atoms. The van der Waals surface area contributed by atoms with Crippen LogP contribution in [0.2, 0.25) is 0 Å². The normalized spacial score (nSPS) is 12.6. The van der Waals surface area contributed by atoms with Gasteiger partial charge in [-0.05, 0) is 77.0 Å². The van der Waals surface area contributed by atoms with Crippen molar-refractivity contribution in [3.8, 4) is 0 Å². The van der Waals surface area contributed by atoms with E-state index < -0.39 is 12.1 Å². The zero-order valence-corrected chi connectivity index (χ0v) is 54.3. The van der Waals surface area contributed by atoms with Gasteiger partial charge in [-0.3, -0.25) is 9.59 Å². The van der Waals surface area contributed by atoms with E-state index in [-0.39, 0.29) is 18.5 Å². The van der Waals surface area contributed by atoms with Gasteiger partial charge in [0, 0.05) is 12.8 Å². The molecule has 2 atom stereocenters. The highest BCUT2D eigenvalue weighted by Gasteiger charge is 2.20. The molecule has 0 aliphatic carbocycles. The van der Waals surface area contributed by atoms with Crippen LogP contribution < -0.4 is 5.32 Å². The van der Waals surface area contributed by atoms with E-state index >= 15 is 0 Å². The molecule has 0 aliphatic heterocycles. The number of esters is 1. The summed E-state index contributed by atoms with van der Waals surface area (Å²) in [7, 11) is 0. The van der Waals surface area contributed by atoms with Crippen LogP contribution in [-0.4, -0.2) is 47.4 Å². The summed E-state index contributed by atoms with van der Waals surface area (Å²) in [5.41, 5.74) is 0. The third-order valence-electron chi connectivity index (χ3n) is 17.2. The number of rotatable bonds is 69. The second-order valence-electron chi connectivity index (χ2n) is 25.3. The Hall–Kier alpha value is -1.66. The highest BCUT2D eigenvalue weighted by molar-refractivity contribution is 5.76. The Balaban J connectivity index is 3.39. The molecule has 3 N–H and O–H groups in total. The summed E-state index contributed by atoms with van der Waals surface area (Å²) in [6.45, 7) is 4.98. The van der Waals surface area contributed by atoms with E-state index in [0.717, 1.165) is 44.9 Å². The second kappa shape index (κ2) is 69.8. The van der Waals surface area contributed by atoms with E-state index in [0.29, 0.717) is 25.9 Å². The Morgan fingerprint density at radius 2 is 0.588 bits per heavy atom. The number of aliphatic hydroxyl groups excluding tert-OH is 2. The molecule has 0 spiro atoms. The average Bonchev–Trinajstić information content (AvgIpc) is 3.46. The van der Waals surface area contributed by atoms with Crippen LogP contribution in [0, 0.1) is 0 Å². The number of aliphatic hydroxyl groups is 2. The van der Waals surface area contributed by atoms with Crippen molar-refractivity contribution in [2.45, 2.75) is 424 Å². The monoisotopic (exact) mass is 1130 g/mol. The predicted octanol–water partition coefficient (Wildman–Crippen LogP) is 23.7. The van der Waals surface area contributed by atoms with Gasteiger partial charge in [0.2, 0.25) is 5.91 Å². The Morgan fingerprint density at radius 1 is 0.338 bits per heavy atom. The number of amides is 1. The van der Waals surface area contributed by atoms with Crippen LogP contribution in [0.15, 0.2) is 24.3 Å². The minimum atomic E-state index is -0.667. The highest BCUT2D eigenvalue weighted by Crippen LogP contribution is 2.19. The van der Waals surface area contributed by atoms with E-state index in [9.17, 15) is 19.8 Å². The standard InChI is InChI=1S/C74H143NO5/c1-3-5-7-9-11-13-15-17-19-20-21-22-27-30-33-36-39-42-46-50-54-58-62-66-72(77)71(70-76)75-73(78)67-63-59-55-51-47-43-40-37-34-31-28-25-23-24-26-29-32-35-38-41-45-49-53-57-61-65-69-80-74(79)68-64-60-56-52-48-44-18-16-14-12-10-8-6-4-2/h16,18,23,25,71-72,76-77H,3-15,17,19-22,24,26-70H2,1-2H3,(H,75,78)/b18-16-,25-23-. The molecule has 0 heterocycles. The molecule has 0 radical (unpaired) electrons. The molecule has 80 heavy (non-hydrogen) atoms. The first kappa shape index (κ1) is 78.3. The van der Waals surface area contributed by atoms with Gasteiger partial charge < -0.3 is 20.3 Å². The molecule has 474 valence electrons. The van der Waals surface area contributed by atoms with Crippen LogP contribution in [0.5, 0.6) is 0 Å². The molecular formula is C74H143NO5. The van der Waals surface area contributed by atoms with E-state index in [2.05, 4.69) is 43.5 Å². The molecule has 0 saturated heterocycles. The summed E-state index contributed by atoms with van der Waals surface area (Å²) in [6, 6.07) is -0.544. The Labute approximate surface area is 501 Å². The number of unbranched alkanes of at least 4 members (excludes halogenated alkanes) is 54. The summed E-state index contributed by atoms with van der Waals surface area (Å²) >= 11 is 0. The number of carbonyl (C=O) groups excluding carboxylic acids is 2. The quantitative estimate of drug-likeness (QED) is 0.0320. The number of ether oxygens (including phenoxy) is 1. The first-order valence-corrected chi connectivity index (χ1v) is 36.6. The van der Waals surface area contributed by atoms with Gasteiger partial charge in [-0.2, -0.15) is 0 Å². The fourth-order valence-corrected chi connectivity index (χ4v) is 11.6. The lowest BCUT2D eigenvalue weighted by Gasteiger charge is -2.22. The number of hydrogen-bond donors (Lipinski definition) is 3. The van der Waals surface area contributed by atoms with Crippen LogP contribution >= 0.6 is 0 Å². The molecule has 6 heteroatoms. The van der Waals surface area contributed by atoms with Crippen LogP contribution in [-0.2, 0) is 14.3 Å². The molecule has 0 aromatic heterocycles. The van der Waals surface area contributed by atoms with Gasteiger partial charge in [-0.1, -0.05) is 346 Å². The van der Waals surface area contributed by atoms with Crippen molar-refractivity contribution in [3.05, 3.63) is 24.3 Å². The van der Waals surface area contributed by atoms with Crippen molar-refractivity contribution in [3.63, 3.8) is 0 Å². The van der Waals surface area contributed by atoms with Gasteiger partial charge in [0.05, 0.1) is 25.4 Å². The minimum Gasteiger partial charge on any atom is -0.466 e. The minimum absolute atomic E-state index is 0.00668. The molecule has 0 saturated carbocycles. The highest BCUT2D eigenvalue weighted by atomic mass is 16.5. The average molecular weight is 1130 g/mol. The zero-order chi connectivity index (χ0) is 57.8. The summed E-state index contributed by atoms with van der Waals surface area (Å²) < 4.78 is 5.49. The SMILES string of the molecule is CCCCCCC/C=C\CCCCCCCC(=O)OCCCCCCCCCCCCCC/C=C\CCCCCCCCCCCCC(=O)NC(CO)C(O)CCCCCCCCCCCCCCCCCCCCCCCCC. The van der Waals surface area contributed by atoms with E-state index in [1.807, 2.05) is 0 Å². The number of carbonyl (C=O) groups is 2. The van der Waals surface area contributed by atoms with Crippen molar-refractivity contribution in [2.75, 3.05) is 13.2 Å². The lowest BCUT2D eigenvalue weighted by Crippen LogP contribution is -2.45. The molecule has 6 nitrogen and oxygen atoms in total. The zero-order valence-electron chi connectivity index (χ0n) is 54.3. The topological polar surface area (TPSA) is 95.9 Å². The van der Waals surface area contributed by atoms with Crippen LogP contribution in [0.4, 0.5) is 0 Å². The van der Waals surface area contributed by atoms with Crippen molar-refractivity contribution >= 4 is 11.9 Å². The Bertz CT molecular complexity index is 1250. The fourth-order valence-electron chi connectivity index (χ4n) is 11.6. The third-order valence-corrected chi connectivity index (χ3v) is 17.2. The summed E-state index contributed by atoms with van der Waals surface area (Å²) in [5.74, 6) is -0.0253. The van der Waals surface area contributed by atoms with Crippen LogP contribution in [0.1, 0.15) is 412 Å². The van der Waals surface area contributed by atoms with Gasteiger partial charge in [-0.25, -0.2) is 0 Å². The molecule has 0 rings (SSSR count). The van der Waals surface area contributed by atoms with Crippen LogP contribution in [0.25, 0.3) is 0 Å². The van der Waals surface area contributed by atoms with Crippen molar-refractivity contribution in [1.29, 1.82) is 0 Å². The first-order valence-electron chi connectivity index (χ1n) is 36.6. The second-order valence-corrected chi connectivity index (χ2v) is 25.3. The van der Waals surface area contributed by atoms with Gasteiger partial charge in [-0.15, -0.1) is 0 Å². The fraction of sp³-hybridized carbons (Fsp3) is 0.919. The molecule has 0 aromatic rings. The molecule has 2 unspecified atom stereocenters. The van der Waals surface area contributed by atoms with Crippen molar-refractivity contribution in [2.24, 2.45) is 0 Å². The maximum absolute atomic E-state index is 12.6. The van der Waals surface area contributed by atoms with Gasteiger partial charge >= 0.3 is 5.97 Å². The van der Waals surface area contributed by atoms with Crippen LogP contribution in [0.3, 0.4) is 0 Å². The van der Waals surface area contributed by atoms with Gasteiger partial charge in [0.25, 0.3) is 0 Å². The lowest BCUT2D eigenvalue weighted by atomic mass is 10.0. The smallest absolute Gasteiger partial charge is 0.305 e. The van der Waals surface area contributed by atoms with Gasteiger partial charge in [0.15, 0.2) is 0 Å². The van der Waals surface area contributed by atoms with E-state index in [1.54, 1.807) is 0 Å².